The summed E-state index contributed by atoms with van der Waals surface area (Å²) in [4.78, 5) is 33.5. The number of hydrogen-bond donors (Lipinski definition) is 6. The first-order valence-electron chi connectivity index (χ1n) is 5.14. The third-order valence-corrected chi connectivity index (χ3v) is 2.39. The molecule has 0 aliphatic heterocycles. The van der Waals surface area contributed by atoms with Gasteiger partial charge in [-0.1, -0.05) is 0 Å². The highest BCUT2D eigenvalue weighted by Gasteiger charge is 2.25. The summed E-state index contributed by atoms with van der Waals surface area (Å²) in [6.45, 7) is 0.749. The van der Waals surface area contributed by atoms with Gasteiger partial charge in [0, 0.05) is 5.75 Å². The SMILES string of the molecule is C[C@H](N)C(=O)N[C@@H](CO)C(=O)N[C@@H](CS)C(=O)O. The molecule has 3 atom stereocenters. The van der Waals surface area contributed by atoms with E-state index >= 15 is 0 Å². The average Bonchev–Trinajstić information content (AvgIpc) is 2.31. The van der Waals surface area contributed by atoms with Crippen LogP contribution < -0.4 is 16.4 Å². The van der Waals surface area contributed by atoms with Gasteiger partial charge in [0.25, 0.3) is 0 Å². The Morgan fingerprint density at radius 3 is 2.06 bits per heavy atom. The van der Waals surface area contributed by atoms with Gasteiger partial charge in [-0.25, -0.2) is 4.79 Å². The van der Waals surface area contributed by atoms with Crippen LogP contribution in [-0.4, -0.2) is 58.5 Å². The summed E-state index contributed by atoms with van der Waals surface area (Å²) in [5.41, 5.74) is 5.28. The minimum atomic E-state index is -1.26. The zero-order valence-corrected chi connectivity index (χ0v) is 10.7. The summed E-state index contributed by atoms with van der Waals surface area (Å²) in [6, 6.07) is -3.28. The van der Waals surface area contributed by atoms with Crippen LogP contribution in [0.3, 0.4) is 0 Å². The van der Waals surface area contributed by atoms with Gasteiger partial charge < -0.3 is 26.6 Å². The molecule has 9 heteroatoms. The molecular formula is C9H17N3O5S. The number of rotatable bonds is 7. The largest absolute Gasteiger partial charge is 0.480 e. The highest BCUT2D eigenvalue weighted by molar-refractivity contribution is 7.80. The number of aliphatic carboxylic acids is 1. The number of carbonyl (C=O) groups is 3. The molecule has 0 bridgehead atoms. The monoisotopic (exact) mass is 279 g/mol. The smallest absolute Gasteiger partial charge is 0.327 e. The number of carboxylic acid groups (broad SMARTS) is 1. The summed E-state index contributed by atoms with van der Waals surface area (Å²) in [5.74, 6) is -2.80. The van der Waals surface area contributed by atoms with Crippen LogP contribution in [0.25, 0.3) is 0 Å². The minimum absolute atomic E-state index is 0.111. The lowest BCUT2D eigenvalue weighted by Crippen LogP contribution is -2.55. The Labute approximate surface area is 109 Å². The normalized spacial score (nSPS) is 15.3. The fourth-order valence-electron chi connectivity index (χ4n) is 0.955. The summed E-state index contributed by atoms with van der Waals surface area (Å²) < 4.78 is 0. The first-order chi connectivity index (χ1) is 8.33. The standard InChI is InChI=1S/C9H17N3O5S/c1-4(10)7(14)11-5(2-13)8(15)12-6(3-18)9(16)17/h4-6,13,18H,2-3,10H2,1H3,(H,11,14)(H,12,15)(H,16,17)/t4-,5-,6-/m0/s1. The van der Waals surface area contributed by atoms with Gasteiger partial charge in [-0.2, -0.15) is 12.6 Å². The summed E-state index contributed by atoms with van der Waals surface area (Å²) in [6.07, 6.45) is 0. The van der Waals surface area contributed by atoms with Gasteiger partial charge in [0.05, 0.1) is 12.6 Å². The van der Waals surface area contributed by atoms with Crippen LogP contribution in [0.2, 0.25) is 0 Å². The van der Waals surface area contributed by atoms with E-state index < -0.39 is 42.5 Å². The highest BCUT2D eigenvalue weighted by Crippen LogP contribution is 1.92. The number of aliphatic hydroxyl groups is 1. The fourth-order valence-corrected chi connectivity index (χ4v) is 1.20. The first kappa shape index (κ1) is 16.7. The number of thiol groups is 1. The minimum Gasteiger partial charge on any atom is -0.480 e. The van der Waals surface area contributed by atoms with E-state index in [2.05, 4.69) is 23.3 Å². The third-order valence-electron chi connectivity index (χ3n) is 2.03. The molecule has 0 heterocycles. The Bertz CT molecular complexity index is 323. The lowest BCUT2D eigenvalue weighted by atomic mass is 10.2. The fraction of sp³-hybridized carbons (Fsp3) is 0.667. The van der Waals surface area contributed by atoms with E-state index in [0.717, 1.165) is 0 Å². The maximum absolute atomic E-state index is 11.6. The van der Waals surface area contributed by atoms with Crippen LogP contribution >= 0.6 is 12.6 Å². The van der Waals surface area contributed by atoms with E-state index in [4.69, 9.17) is 15.9 Å². The number of carbonyl (C=O) groups excluding carboxylic acids is 2. The molecule has 104 valence electrons. The molecular weight excluding hydrogens is 262 g/mol. The third kappa shape index (κ3) is 5.34. The Hall–Kier alpha value is -1.32. The van der Waals surface area contributed by atoms with Crippen LogP contribution in [0, 0.1) is 0 Å². The molecule has 0 aromatic carbocycles. The number of amides is 2. The molecule has 6 N–H and O–H groups in total. The number of hydrogen-bond acceptors (Lipinski definition) is 6. The second kappa shape index (κ2) is 7.90. The lowest BCUT2D eigenvalue weighted by molar-refractivity contribution is -0.141. The molecule has 0 fully saturated rings. The maximum atomic E-state index is 11.6. The van der Waals surface area contributed by atoms with Crippen molar-refractivity contribution in [1.82, 2.24) is 10.6 Å². The van der Waals surface area contributed by atoms with E-state index in [0.29, 0.717) is 0 Å². The van der Waals surface area contributed by atoms with E-state index in [1.165, 1.54) is 6.92 Å². The zero-order valence-electron chi connectivity index (χ0n) is 9.79. The molecule has 2 amide bonds. The van der Waals surface area contributed by atoms with Crippen molar-refractivity contribution in [1.29, 1.82) is 0 Å². The van der Waals surface area contributed by atoms with Crippen molar-refractivity contribution in [2.24, 2.45) is 5.73 Å². The first-order valence-corrected chi connectivity index (χ1v) is 5.77. The number of nitrogens with two attached hydrogens (primary N) is 1. The van der Waals surface area contributed by atoms with Gasteiger partial charge in [-0.05, 0) is 6.92 Å². The Balaban J connectivity index is 4.52. The van der Waals surface area contributed by atoms with E-state index in [1.54, 1.807) is 0 Å². The topological polar surface area (TPSA) is 142 Å². The second-order valence-electron chi connectivity index (χ2n) is 3.61. The molecule has 0 aliphatic rings. The summed E-state index contributed by atoms with van der Waals surface area (Å²) >= 11 is 3.76. The molecule has 0 aromatic heterocycles. The second-order valence-corrected chi connectivity index (χ2v) is 3.98. The van der Waals surface area contributed by atoms with Gasteiger partial charge in [0.2, 0.25) is 11.8 Å². The van der Waals surface area contributed by atoms with Crippen LogP contribution in [0.4, 0.5) is 0 Å². The Morgan fingerprint density at radius 1 is 1.22 bits per heavy atom. The number of aliphatic hydroxyl groups excluding tert-OH is 1. The van der Waals surface area contributed by atoms with Crippen molar-refractivity contribution in [3.63, 3.8) is 0 Å². The van der Waals surface area contributed by atoms with Crippen molar-refractivity contribution in [2.45, 2.75) is 25.0 Å². The predicted molar refractivity (Wildman–Crippen MR) is 66.1 cm³/mol. The predicted octanol–water partition coefficient (Wildman–Crippen LogP) is -2.69. The van der Waals surface area contributed by atoms with Gasteiger partial charge in [0.1, 0.15) is 12.1 Å². The molecule has 0 rings (SSSR count). The lowest BCUT2D eigenvalue weighted by Gasteiger charge is -2.19. The molecule has 0 aromatic rings. The van der Waals surface area contributed by atoms with Crippen LogP contribution in [-0.2, 0) is 14.4 Å². The molecule has 0 unspecified atom stereocenters. The zero-order chi connectivity index (χ0) is 14.3. The molecule has 0 aliphatic carbocycles. The van der Waals surface area contributed by atoms with Gasteiger partial charge >= 0.3 is 5.97 Å². The van der Waals surface area contributed by atoms with Crippen molar-refractivity contribution >= 4 is 30.4 Å². The van der Waals surface area contributed by atoms with E-state index in [9.17, 15) is 14.4 Å². The Kier molecular flexibility index (Phi) is 7.32. The van der Waals surface area contributed by atoms with Gasteiger partial charge in [0.15, 0.2) is 0 Å². The highest BCUT2D eigenvalue weighted by atomic mass is 32.1. The number of nitrogens with one attached hydrogen (secondary N) is 2. The van der Waals surface area contributed by atoms with Crippen molar-refractivity contribution in [2.75, 3.05) is 12.4 Å². The van der Waals surface area contributed by atoms with Crippen LogP contribution in [0.5, 0.6) is 0 Å². The van der Waals surface area contributed by atoms with Crippen molar-refractivity contribution < 1.29 is 24.6 Å². The average molecular weight is 279 g/mol. The van der Waals surface area contributed by atoms with E-state index in [-0.39, 0.29) is 5.75 Å². The molecule has 0 spiro atoms. The maximum Gasteiger partial charge on any atom is 0.327 e. The summed E-state index contributed by atoms with van der Waals surface area (Å²) in [7, 11) is 0. The number of carboxylic acids is 1. The molecule has 0 saturated heterocycles. The van der Waals surface area contributed by atoms with Crippen molar-refractivity contribution in [3.05, 3.63) is 0 Å². The van der Waals surface area contributed by atoms with Crippen LogP contribution in [0.1, 0.15) is 6.92 Å². The quantitative estimate of drug-likeness (QED) is 0.280. The molecule has 0 radical (unpaired) electrons. The van der Waals surface area contributed by atoms with Crippen LogP contribution in [0.15, 0.2) is 0 Å². The van der Waals surface area contributed by atoms with E-state index in [1.807, 2.05) is 0 Å². The van der Waals surface area contributed by atoms with Crippen molar-refractivity contribution in [3.8, 4) is 0 Å². The van der Waals surface area contributed by atoms with Gasteiger partial charge in [-0.15, -0.1) is 0 Å². The molecule has 8 nitrogen and oxygen atoms in total. The molecule has 0 saturated carbocycles. The molecule has 18 heavy (non-hydrogen) atoms. The summed E-state index contributed by atoms with van der Waals surface area (Å²) in [5, 5.41) is 22.0. The Morgan fingerprint density at radius 2 is 1.72 bits per heavy atom. The van der Waals surface area contributed by atoms with Gasteiger partial charge in [-0.3, -0.25) is 9.59 Å².